The van der Waals surface area contributed by atoms with Gasteiger partial charge in [0.1, 0.15) is 5.78 Å². The maximum absolute atomic E-state index is 11.7. The van der Waals surface area contributed by atoms with Crippen LogP contribution in [0.1, 0.15) is 52.4 Å². The van der Waals surface area contributed by atoms with Crippen LogP contribution in [0, 0.1) is 0 Å². The molecule has 96 valence electrons. The van der Waals surface area contributed by atoms with Crippen LogP contribution in [0.15, 0.2) is 0 Å². The third-order valence-corrected chi connectivity index (χ3v) is 4.09. The largest absolute Gasteiger partial charge is 0.370 e. The molecule has 2 fully saturated rings. The van der Waals surface area contributed by atoms with E-state index in [1.807, 2.05) is 0 Å². The first-order chi connectivity index (χ1) is 7.90. The zero-order chi connectivity index (χ0) is 12.6. The van der Waals surface area contributed by atoms with Crippen LogP contribution < -0.4 is 5.73 Å². The van der Waals surface area contributed by atoms with Crippen molar-refractivity contribution in [3.63, 3.8) is 0 Å². The van der Waals surface area contributed by atoms with E-state index in [-0.39, 0.29) is 11.4 Å². The van der Waals surface area contributed by atoms with Crippen molar-refractivity contribution < 1.29 is 9.59 Å². The molecule has 0 spiro atoms. The van der Waals surface area contributed by atoms with Gasteiger partial charge in [-0.15, -0.1) is 0 Å². The molecule has 2 rings (SSSR count). The summed E-state index contributed by atoms with van der Waals surface area (Å²) in [6, 6.07) is 0.647. The molecule has 0 aromatic heterocycles. The van der Waals surface area contributed by atoms with Crippen LogP contribution in [0.2, 0.25) is 0 Å². The van der Waals surface area contributed by atoms with Crippen molar-refractivity contribution in [3.05, 3.63) is 0 Å². The molecule has 2 heterocycles. The minimum absolute atomic E-state index is 0.220. The number of nitrogens with zero attached hydrogens (tertiary/aromatic N) is 1. The Kier molecular flexibility index (Phi) is 3.25. The zero-order valence-corrected chi connectivity index (χ0v) is 10.7. The van der Waals surface area contributed by atoms with Crippen molar-refractivity contribution in [2.75, 3.05) is 0 Å². The molecule has 0 saturated carbocycles. The Morgan fingerprint density at radius 2 is 1.88 bits per heavy atom. The second kappa shape index (κ2) is 4.41. The molecule has 4 heteroatoms. The van der Waals surface area contributed by atoms with Gasteiger partial charge in [-0.2, -0.15) is 0 Å². The number of nitrogens with two attached hydrogens (primary N) is 1. The van der Waals surface area contributed by atoms with Crippen LogP contribution in [0.3, 0.4) is 0 Å². The second-order valence-corrected chi connectivity index (χ2v) is 6.05. The molecule has 1 amide bonds. The second-order valence-electron chi connectivity index (χ2n) is 6.05. The normalized spacial score (nSPS) is 30.4. The van der Waals surface area contributed by atoms with Gasteiger partial charge in [0.05, 0.1) is 0 Å². The molecule has 0 aromatic rings. The lowest BCUT2D eigenvalue weighted by molar-refractivity contribution is -0.133. The highest BCUT2D eigenvalue weighted by Crippen LogP contribution is 2.38. The van der Waals surface area contributed by atoms with Gasteiger partial charge >= 0.3 is 0 Å². The fourth-order valence-corrected chi connectivity index (χ4v) is 3.68. The van der Waals surface area contributed by atoms with Crippen molar-refractivity contribution in [1.82, 2.24) is 4.90 Å². The van der Waals surface area contributed by atoms with Gasteiger partial charge in [0.25, 0.3) is 0 Å². The van der Waals surface area contributed by atoms with Gasteiger partial charge in [-0.05, 0) is 26.7 Å². The summed E-state index contributed by atoms with van der Waals surface area (Å²) in [7, 11) is 0. The van der Waals surface area contributed by atoms with Gasteiger partial charge in [-0.25, -0.2) is 0 Å². The number of rotatable bonds is 3. The number of carbonyl (C=O) groups is 2. The lowest BCUT2D eigenvalue weighted by Gasteiger charge is -2.53. The summed E-state index contributed by atoms with van der Waals surface area (Å²) in [5.41, 5.74) is 5.11. The maximum Gasteiger partial charge on any atom is 0.219 e. The molecule has 2 aliphatic rings. The lowest BCUT2D eigenvalue weighted by Crippen LogP contribution is -2.61. The lowest BCUT2D eigenvalue weighted by atomic mass is 9.79. The van der Waals surface area contributed by atoms with Crippen LogP contribution in [0.5, 0.6) is 0 Å². The smallest absolute Gasteiger partial charge is 0.219 e. The Morgan fingerprint density at radius 3 is 2.35 bits per heavy atom. The topological polar surface area (TPSA) is 63.4 Å². The Labute approximate surface area is 103 Å². The van der Waals surface area contributed by atoms with Crippen molar-refractivity contribution in [1.29, 1.82) is 0 Å². The van der Waals surface area contributed by atoms with Crippen molar-refractivity contribution in [2.24, 2.45) is 5.73 Å². The predicted molar refractivity (Wildman–Crippen MR) is 65.4 cm³/mol. The first kappa shape index (κ1) is 12.6. The molecule has 2 unspecified atom stereocenters. The predicted octanol–water partition coefficient (Wildman–Crippen LogP) is 1.23. The minimum atomic E-state index is -0.259. The Hall–Kier alpha value is -0.900. The summed E-state index contributed by atoms with van der Waals surface area (Å²) in [5, 5.41) is 0. The highest BCUT2D eigenvalue weighted by Gasteiger charge is 2.44. The molecule has 2 saturated heterocycles. The molecule has 0 aromatic carbocycles. The highest BCUT2D eigenvalue weighted by molar-refractivity contribution is 5.81. The standard InChI is InChI=1S/C13H22N2O2/c1-13(2,8-12(14)17)15-9-4-3-5-10(15)7-11(16)6-9/h9-10H,3-8H2,1-2H3,(H2,14,17). The van der Waals surface area contributed by atoms with Gasteiger partial charge < -0.3 is 5.73 Å². The first-order valence-electron chi connectivity index (χ1n) is 6.48. The average molecular weight is 238 g/mol. The number of ketones is 1. The third kappa shape index (κ3) is 2.51. The monoisotopic (exact) mass is 238 g/mol. The number of piperidine rings is 2. The van der Waals surface area contributed by atoms with Crippen LogP contribution in [0.4, 0.5) is 0 Å². The maximum atomic E-state index is 11.7. The fraction of sp³-hybridized carbons (Fsp3) is 0.846. The summed E-state index contributed by atoms with van der Waals surface area (Å²) in [4.78, 5) is 25.2. The number of hydrogen-bond donors (Lipinski definition) is 1. The summed E-state index contributed by atoms with van der Waals surface area (Å²) in [6.45, 7) is 4.14. The first-order valence-corrected chi connectivity index (χ1v) is 6.48. The molecule has 0 aliphatic carbocycles. The van der Waals surface area contributed by atoms with Gasteiger partial charge in [0.15, 0.2) is 0 Å². The van der Waals surface area contributed by atoms with E-state index in [0.717, 1.165) is 12.8 Å². The van der Waals surface area contributed by atoms with E-state index in [0.29, 0.717) is 37.1 Å². The zero-order valence-electron chi connectivity index (χ0n) is 10.7. The SMILES string of the molecule is CC(C)(CC(N)=O)N1C2CCCC1CC(=O)C2. The number of hydrogen-bond acceptors (Lipinski definition) is 3. The number of primary amides is 1. The van der Waals surface area contributed by atoms with Gasteiger partial charge in [0.2, 0.25) is 5.91 Å². The van der Waals surface area contributed by atoms with E-state index in [1.54, 1.807) is 0 Å². The fourth-order valence-electron chi connectivity index (χ4n) is 3.68. The summed E-state index contributed by atoms with van der Waals surface area (Å²) >= 11 is 0. The van der Waals surface area contributed by atoms with Crippen LogP contribution in [-0.4, -0.2) is 34.2 Å². The number of fused-ring (bicyclic) bond motifs is 2. The van der Waals surface area contributed by atoms with Gasteiger partial charge in [0, 0.05) is 36.9 Å². The molecule has 17 heavy (non-hydrogen) atoms. The van der Waals surface area contributed by atoms with Gasteiger partial charge in [-0.3, -0.25) is 14.5 Å². The highest BCUT2D eigenvalue weighted by atomic mass is 16.1. The summed E-state index contributed by atoms with van der Waals surface area (Å²) in [5.74, 6) is 0.121. The van der Waals surface area contributed by atoms with E-state index in [1.165, 1.54) is 6.42 Å². The van der Waals surface area contributed by atoms with E-state index in [2.05, 4.69) is 18.7 Å². The molecule has 2 bridgehead atoms. The molecule has 0 radical (unpaired) electrons. The third-order valence-electron chi connectivity index (χ3n) is 4.09. The minimum Gasteiger partial charge on any atom is -0.370 e. The van der Waals surface area contributed by atoms with Crippen LogP contribution >= 0.6 is 0 Å². The number of amides is 1. The van der Waals surface area contributed by atoms with Crippen molar-refractivity contribution in [2.45, 2.75) is 70.0 Å². The molecule has 4 nitrogen and oxygen atoms in total. The molecule has 2 N–H and O–H groups in total. The van der Waals surface area contributed by atoms with E-state index < -0.39 is 0 Å². The molecule has 2 aliphatic heterocycles. The number of Topliss-reactive ketones (excluding diaryl/α,β-unsaturated/α-hetero) is 1. The van der Waals surface area contributed by atoms with E-state index >= 15 is 0 Å². The van der Waals surface area contributed by atoms with E-state index in [9.17, 15) is 9.59 Å². The van der Waals surface area contributed by atoms with Crippen LogP contribution in [-0.2, 0) is 9.59 Å². The Bertz CT molecular complexity index is 322. The van der Waals surface area contributed by atoms with Crippen molar-refractivity contribution in [3.8, 4) is 0 Å². The van der Waals surface area contributed by atoms with Gasteiger partial charge in [-0.1, -0.05) is 6.42 Å². The molecular weight excluding hydrogens is 216 g/mol. The van der Waals surface area contributed by atoms with Crippen molar-refractivity contribution >= 4 is 11.7 Å². The number of carbonyl (C=O) groups excluding carboxylic acids is 2. The molecule has 2 atom stereocenters. The quantitative estimate of drug-likeness (QED) is 0.804. The summed E-state index contributed by atoms with van der Waals surface area (Å²) < 4.78 is 0. The van der Waals surface area contributed by atoms with Crippen LogP contribution in [0.25, 0.3) is 0 Å². The van der Waals surface area contributed by atoms with E-state index in [4.69, 9.17) is 5.73 Å². The summed E-state index contributed by atoms with van der Waals surface area (Å²) in [6.07, 6.45) is 5.02. The molecular formula is C13H22N2O2. The Morgan fingerprint density at radius 1 is 1.35 bits per heavy atom. The average Bonchev–Trinajstić information content (AvgIpc) is 2.13. The Balaban J connectivity index is 2.19.